The zero-order chi connectivity index (χ0) is 10.6. The van der Waals surface area contributed by atoms with Gasteiger partial charge in [-0.15, -0.1) is 0 Å². The first kappa shape index (κ1) is 11.6. The van der Waals surface area contributed by atoms with E-state index in [0.717, 1.165) is 17.6 Å². The van der Waals surface area contributed by atoms with E-state index in [1.807, 2.05) is 13.0 Å². The first-order valence-corrected chi connectivity index (χ1v) is 5.19. The minimum atomic E-state index is 0.0397. The van der Waals surface area contributed by atoms with E-state index in [1.165, 1.54) is 0 Å². The highest BCUT2D eigenvalue weighted by Gasteiger charge is 2.03. The normalized spacial score (nSPS) is 11.9. The lowest BCUT2D eigenvalue weighted by molar-refractivity contribution is 0.329. The summed E-state index contributed by atoms with van der Waals surface area (Å²) >= 11 is 12.0. The lowest BCUT2D eigenvalue weighted by atomic mass is 10.1. The molecule has 0 fully saturated rings. The molecule has 1 N–H and O–H groups in total. The Hall–Kier alpha value is -0.500. The van der Waals surface area contributed by atoms with E-state index in [9.17, 15) is 0 Å². The van der Waals surface area contributed by atoms with E-state index in [0.29, 0.717) is 10.0 Å². The highest BCUT2D eigenvalue weighted by Crippen LogP contribution is 2.26. The summed E-state index contributed by atoms with van der Waals surface area (Å²) in [6.07, 6.45) is 2.63. The van der Waals surface area contributed by atoms with Crippen LogP contribution in [0.2, 0.25) is 10.0 Å². The van der Waals surface area contributed by atoms with Gasteiger partial charge < -0.3 is 5.11 Å². The van der Waals surface area contributed by atoms with Gasteiger partial charge in [-0.3, -0.25) is 0 Å². The van der Waals surface area contributed by atoms with Crippen LogP contribution in [0.25, 0.3) is 6.08 Å². The van der Waals surface area contributed by atoms with E-state index in [1.54, 1.807) is 18.2 Å². The van der Waals surface area contributed by atoms with Gasteiger partial charge >= 0.3 is 0 Å². The SMILES string of the molecule is CCC(=Cc1c(Cl)cccc1Cl)CO. The fourth-order valence-electron chi connectivity index (χ4n) is 1.11. The second-order valence-corrected chi connectivity index (χ2v) is 3.76. The van der Waals surface area contributed by atoms with Crippen LogP contribution >= 0.6 is 23.2 Å². The van der Waals surface area contributed by atoms with Crippen LogP contribution in [0.3, 0.4) is 0 Å². The monoisotopic (exact) mass is 230 g/mol. The summed E-state index contributed by atoms with van der Waals surface area (Å²) in [6.45, 7) is 2.02. The molecule has 0 spiro atoms. The summed E-state index contributed by atoms with van der Waals surface area (Å²) in [4.78, 5) is 0. The van der Waals surface area contributed by atoms with Crippen LogP contribution in [0.4, 0.5) is 0 Å². The van der Waals surface area contributed by atoms with Crippen molar-refractivity contribution >= 4 is 29.3 Å². The number of hydrogen-bond acceptors (Lipinski definition) is 1. The van der Waals surface area contributed by atoms with E-state index in [-0.39, 0.29) is 6.61 Å². The van der Waals surface area contributed by atoms with Gasteiger partial charge in [-0.2, -0.15) is 0 Å². The molecule has 0 amide bonds. The maximum atomic E-state index is 9.01. The summed E-state index contributed by atoms with van der Waals surface area (Å²) in [5.41, 5.74) is 1.70. The van der Waals surface area contributed by atoms with Gasteiger partial charge in [0.15, 0.2) is 0 Å². The molecule has 3 heteroatoms. The second-order valence-electron chi connectivity index (χ2n) is 2.95. The first-order valence-electron chi connectivity index (χ1n) is 4.43. The lowest BCUT2D eigenvalue weighted by Crippen LogP contribution is -1.89. The summed E-state index contributed by atoms with van der Waals surface area (Å²) in [5.74, 6) is 0. The van der Waals surface area contributed by atoms with Crippen LogP contribution < -0.4 is 0 Å². The number of benzene rings is 1. The summed E-state index contributed by atoms with van der Waals surface area (Å²) in [6, 6.07) is 5.36. The van der Waals surface area contributed by atoms with Crippen LogP contribution in [0, 0.1) is 0 Å². The Balaban J connectivity index is 3.12. The highest BCUT2D eigenvalue weighted by atomic mass is 35.5. The average molecular weight is 231 g/mol. The molecule has 0 heterocycles. The largest absolute Gasteiger partial charge is 0.392 e. The molecule has 0 unspecified atom stereocenters. The molecule has 0 aliphatic rings. The first-order chi connectivity index (χ1) is 6.69. The highest BCUT2D eigenvalue weighted by molar-refractivity contribution is 6.37. The molecule has 0 saturated carbocycles. The van der Waals surface area contributed by atoms with Crippen molar-refractivity contribution in [3.05, 3.63) is 39.4 Å². The third-order valence-corrected chi connectivity index (χ3v) is 2.66. The summed E-state index contributed by atoms with van der Waals surface area (Å²) < 4.78 is 0. The van der Waals surface area contributed by atoms with Gasteiger partial charge in [-0.1, -0.05) is 42.3 Å². The van der Waals surface area contributed by atoms with Gasteiger partial charge in [0.2, 0.25) is 0 Å². The molecule has 1 aromatic carbocycles. The van der Waals surface area contributed by atoms with Gasteiger partial charge in [0.05, 0.1) is 6.61 Å². The van der Waals surface area contributed by atoms with Crippen molar-refractivity contribution in [3.8, 4) is 0 Å². The molecule has 0 atom stereocenters. The number of halogens is 2. The lowest BCUT2D eigenvalue weighted by Gasteiger charge is -2.04. The standard InChI is InChI=1S/C11H12Cl2O/c1-2-8(7-14)6-9-10(12)4-3-5-11(9)13/h3-6,14H,2,7H2,1H3. The van der Waals surface area contributed by atoms with E-state index < -0.39 is 0 Å². The fraction of sp³-hybridized carbons (Fsp3) is 0.273. The van der Waals surface area contributed by atoms with E-state index in [4.69, 9.17) is 28.3 Å². The molecular formula is C11H12Cl2O. The van der Waals surface area contributed by atoms with E-state index >= 15 is 0 Å². The molecule has 0 aromatic heterocycles. The molecule has 14 heavy (non-hydrogen) atoms. The Morgan fingerprint density at radius 3 is 2.36 bits per heavy atom. The van der Waals surface area contributed by atoms with Crippen molar-refractivity contribution in [3.63, 3.8) is 0 Å². The maximum Gasteiger partial charge on any atom is 0.0644 e. The van der Waals surface area contributed by atoms with Crippen LogP contribution in [0.5, 0.6) is 0 Å². The number of aliphatic hydroxyl groups is 1. The molecular weight excluding hydrogens is 219 g/mol. The maximum absolute atomic E-state index is 9.01. The van der Waals surface area contributed by atoms with Crippen molar-refractivity contribution in [1.82, 2.24) is 0 Å². The Bertz CT molecular complexity index is 319. The third-order valence-electron chi connectivity index (χ3n) is 2.01. The topological polar surface area (TPSA) is 20.2 Å². The number of hydrogen-bond donors (Lipinski definition) is 1. The number of rotatable bonds is 3. The Morgan fingerprint density at radius 2 is 1.93 bits per heavy atom. The predicted molar refractivity (Wildman–Crippen MR) is 61.8 cm³/mol. The molecule has 0 aliphatic carbocycles. The minimum absolute atomic E-state index is 0.0397. The van der Waals surface area contributed by atoms with Crippen LogP contribution in [0.1, 0.15) is 18.9 Å². The Labute approximate surface area is 94.0 Å². The zero-order valence-electron chi connectivity index (χ0n) is 7.93. The van der Waals surface area contributed by atoms with Gasteiger partial charge in [-0.25, -0.2) is 0 Å². The van der Waals surface area contributed by atoms with Gasteiger partial charge in [-0.05, 0) is 24.1 Å². The van der Waals surface area contributed by atoms with E-state index in [2.05, 4.69) is 0 Å². The molecule has 1 aromatic rings. The molecule has 1 rings (SSSR count). The Morgan fingerprint density at radius 1 is 1.36 bits per heavy atom. The molecule has 0 bridgehead atoms. The predicted octanol–water partition coefficient (Wildman–Crippen LogP) is 3.78. The fourth-order valence-corrected chi connectivity index (χ4v) is 1.62. The zero-order valence-corrected chi connectivity index (χ0v) is 9.44. The number of aliphatic hydroxyl groups excluding tert-OH is 1. The van der Waals surface area contributed by atoms with Crippen molar-refractivity contribution in [1.29, 1.82) is 0 Å². The average Bonchev–Trinajstić information content (AvgIpc) is 2.18. The van der Waals surface area contributed by atoms with Crippen molar-refractivity contribution in [2.45, 2.75) is 13.3 Å². The summed E-state index contributed by atoms with van der Waals surface area (Å²) in [7, 11) is 0. The van der Waals surface area contributed by atoms with Crippen LogP contribution in [0.15, 0.2) is 23.8 Å². The molecule has 76 valence electrons. The minimum Gasteiger partial charge on any atom is -0.392 e. The van der Waals surface area contributed by atoms with Gasteiger partial charge in [0, 0.05) is 15.6 Å². The smallest absolute Gasteiger partial charge is 0.0644 e. The van der Waals surface area contributed by atoms with Crippen LogP contribution in [-0.2, 0) is 0 Å². The molecule has 0 radical (unpaired) electrons. The van der Waals surface area contributed by atoms with Crippen molar-refractivity contribution < 1.29 is 5.11 Å². The van der Waals surface area contributed by atoms with Gasteiger partial charge in [0.1, 0.15) is 0 Å². The summed E-state index contributed by atoms with van der Waals surface area (Å²) in [5, 5.41) is 10.2. The van der Waals surface area contributed by atoms with Crippen LogP contribution in [-0.4, -0.2) is 11.7 Å². The second kappa shape index (κ2) is 5.40. The third kappa shape index (κ3) is 2.74. The van der Waals surface area contributed by atoms with Crippen molar-refractivity contribution in [2.24, 2.45) is 0 Å². The van der Waals surface area contributed by atoms with Gasteiger partial charge in [0.25, 0.3) is 0 Å². The Kier molecular flexibility index (Phi) is 4.46. The molecule has 1 nitrogen and oxygen atoms in total. The molecule has 0 saturated heterocycles. The van der Waals surface area contributed by atoms with Crippen molar-refractivity contribution in [2.75, 3.05) is 6.61 Å². The molecule has 0 aliphatic heterocycles. The quantitative estimate of drug-likeness (QED) is 0.839.